The van der Waals surface area contributed by atoms with E-state index in [-0.39, 0.29) is 0 Å². The molecule has 2 heterocycles. The quantitative estimate of drug-likeness (QED) is 0.199. The third-order valence-corrected chi connectivity index (χ3v) is 7.28. The van der Waals surface area contributed by atoms with E-state index in [1.807, 2.05) is 79.0 Å². The average Bonchev–Trinajstić information content (AvgIpc) is 3.48. The molecule has 0 unspecified atom stereocenters. The third-order valence-electron chi connectivity index (χ3n) is 7.28. The number of benzene rings is 5. The molecule has 0 saturated carbocycles. The van der Waals surface area contributed by atoms with Crippen molar-refractivity contribution in [3.8, 4) is 45.4 Å². The third kappa shape index (κ3) is 5.40. The molecule has 1 aliphatic rings. The van der Waals surface area contributed by atoms with Crippen LogP contribution in [-0.2, 0) is 0 Å². The maximum atomic E-state index is 6.35. The number of ether oxygens (including phenoxy) is 2. The highest BCUT2D eigenvalue weighted by Crippen LogP contribution is 2.36. The number of hydrogen-bond acceptors (Lipinski definition) is 5. The second kappa shape index (κ2) is 11.1. The number of rotatable bonds is 7. The maximum absolute atomic E-state index is 6.35. The van der Waals surface area contributed by atoms with Gasteiger partial charge in [-0.25, -0.2) is 0 Å². The lowest BCUT2D eigenvalue weighted by atomic mass is 9.99. The number of nitrogens with zero attached hydrogens (tertiary/aromatic N) is 3. The van der Waals surface area contributed by atoms with Gasteiger partial charge in [0.25, 0.3) is 0 Å². The minimum absolute atomic E-state index is 0.759. The van der Waals surface area contributed by atoms with E-state index in [2.05, 4.69) is 83.8 Å². The highest BCUT2D eigenvalue weighted by Gasteiger charge is 2.13. The summed E-state index contributed by atoms with van der Waals surface area (Å²) in [4.78, 5) is 9.02. The molecule has 204 valence electrons. The smallest absolute Gasteiger partial charge is 0.135 e. The Bertz CT molecular complexity index is 1900. The van der Waals surface area contributed by atoms with Gasteiger partial charge in [0, 0.05) is 48.3 Å². The van der Waals surface area contributed by atoms with Crippen LogP contribution < -0.4 is 14.4 Å². The van der Waals surface area contributed by atoms with E-state index >= 15 is 0 Å². The van der Waals surface area contributed by atoms with E-state index in [1.165, 1.54) is 0 Å². The highest BCUT2D eigenvalue weighted by atomic mass is 16.5. The number of pyridine rings is 1. The molecule has 0 radical (unpaired) electrons. The molecule has 0 N–H and O–H groups in total. The molecule has 0 spiro atoms. The average molecular weight is 548 g/mol. The zero-order valence-electron chi connectivity index (χ0n) is 23.2. The fourth-order valence-corrected chi connectivity index (χ4v) is 5.19. The standard InChI is InChI=1S/C37H29N3O2/c1-39-19-20-40(26-39)31-11-8-15-34(25-31)41-33-14-7-10-29(22-33)36-23-27(17-18-38-36)30-21-28-9-5-6-16-35(28)37(24-30)42-32-12-3-2-4-13-32/h2-25H,26H2,1H3. The van der Waals surface area contributed by atoms with Crippen molar-refractivity contribution in [1.29, 1.82) is 0 Å². The Morgan fingerprint density at radius 2 is 1.38 bits per heavy atom. The van der Waals surface area contributed by atoms with Crippen molar-refractivity contribution in [2.45, 2.75) is 0 Å². The summed E-state index contributed by atoms with van der Waals surface area (Å²) in [6, 6.07) is 42.9. The number of hydrogen-bond donors (Lipinski definition) is 0. The molecule has 5 heteroatoms. The lowest BCUT2D eigenvalue weighted by Gasteiger charge is -2.19. The first-order valence-electron chi connectivity index (χ1n) is 13.9. The van der Waals surface area contributed by atoms with Gasteiger partial charge in [-0.05, 0) is 77.2 Å². The molecule has 0 bridgehead atoms. The van der Waals surface area contributed by atoms with E-state index in [9.17, 15) is 0 Å². The van der Waals surface area contributed by atoms with Crippen molar-refractivity contribution >= 4 is 16.5 Å². The van der Waals surface area contributed by atoms with Crippen molar-refractivity contribution in [1.82, 2.24) is 9.88 Å². The summed E-state index contributed by atoms with van der Waals surface area (Å²) in [7, 11) is 2.06. The van der Waals surface area contributed by atoms with Crippen molar-refractivity contribution in [3.63, 3.8) is 0 Å². The molecule has 5 aromatic carbocycles. The second-order valence-electron chi connectivity index (χ2n) is 10.3. The van der Waals surface area contributed by atoms with Crippen molar-refractivity contribution < 1.29 is 9.47 Å². The van der Waals surface area contributed by atoms with Gasteiger partial charge in [-0.1, -0.05) is 60.7 Å². The van der Waals surface area contributed by atoms with Gasteiger partial charge in [-0.3, -0.25) is 4.98 Å². The van der Waals surface area contributed by atoms with E-state index in [0.29, 0.717) is 0 Å². The Morgan fingerprint density at radius 1 is 0.595 bits per heavy atom. The second-order valence-corrected chi connectivity index (χ2v) is 10.3. The van der Waals surface area contributed by atoms with Gasteiger partial charge in [0.1, 0.15) is 23.0 Å². The van der Waals surface area contributed by atoms with Gasteiger partial charge < -0.3 is 19.3 Å². The molecule has 5 nitrogen and oxygen atoms in total. The van der Waals surface area contributed by atoms with Crippen LogP contribution >= 0.6 is 0 Å². The van der Waals surface area contributed by atoms with Gasteiger partial charge in [-0.2, -0.15) is 0 Å². The summed E-state index contributed by atoms with van der Waals surface area (Å²) in [6.07, 6.45) is 5.99. The lowest BCUT2D eigenvalue weighted by Crippen LogP contribution is -2.21. The fraction of sp³-hybridized carbons (Fsp3) is 0.0541. The van der Waals surface area contributed by atoms with Crippen LogP contribution in [0, 0.1) is 0 Å². The summed E-state index contributed by atoms with van der Waals surface area (Å²) >= 11 is 0. The number of anilines is 1. The highest BCUT2D eigenvalue weighted by molar-refractivity contribution is 5.93. The molecule has 0 amide bonds. The molecular formula is C37H29N3O2. The van der Waals surface area contributed by atoms with Crippen LogP contribution in [0.3, 0.4) is 0 Å². The van der Waals surface area contributed by atoms with Crippen molar-refractivity contribution in [3.05, 3.63) is 146 Å². The SMILES string of the molecule is CN1C=CN(c2cccc(Oc3cccc(-c4cc(-c5cc(Oc6ccccc6)c6ccccc6c5)ccn4)c3)c2)C1. The zero-order valence-corrected chi connectivity index (χ0v) is 23.2. The van der Waals surface area contributed by atoms with Crippen LogP contribution in [-0.4, -0.2) is 23.6 Å². The predicted molar refractivity (Wildman–Crippen MR) is 170 cm³/mol. The van der Waals surface area contributed by atoms with Crippen molar-refractivity contribution in [2.75, 3.05) is 18.6 Å². The molecule has 0 fully saturated rings. The molecule has 6 aromatic rings. The Morgan fingerprint density at radius 3 is 2.24 bits per heavy atom. The Labute approximate surface area is 245 Å². The molecule has 0 aliphatic carbocycles. The molecule has 0 atom stereocenters. The van der Waals surface area contributed by atoms with Gasteiger partial charge in [-0.15, -0.1) is 0 Å². The minimum Gasteiger partial charge on any atom is -0.457 e. The van der Waals surface area contributed by atoms with Gasteiger partial charge in [0.2, 0.25) is 0 Å². The molecule has 42 heavy (non-hydrogen) atoms. The van der Waals surface area contributed by atoms with Crippen LogP contribution in [0.15, 0.2) is 146 Å². The van der Waals surface area contributed by atoms with E-state index in [0.717, 1.165) is 68.5 Å². The first kappa shape index (κ1) is 25.4. The van der Waals surface area contributed by atoms with Crippen molar-refractivity contribution in [2.24, 2.45) is 0 Å². The molecular weight excluding hydrogens is 518 g/mol. The Kier molecular flexibility index (Phi) is 6.74. The van der Waals surface area contributed by atoms with Gasteiger partial charge >= 0.3 is 0 Å². The number of para-hydroxylation sites is 1. The normalized spacial score (nSPS) is 12.6. The van der Waals surface area contributed by atoms with E-state index < -0.39 is 0 Å². The predicted octanol–water partition coefficient (Wildman–Crippen LogP) is 9.33. The zero-order chi connectivity index (χ0) is 28.3. The summed E-state index contributed by atoms with van der Waals surface area (Å²) in [5.74, 6) is 3.18. The Balaban J connectivity index is 1.18. The summed E-state index contributed by atoms with van der Waals surface area (Å²) in [5, 5.41) is 2.19. The Hall–Kier alpha value is -5.55. The van der Waals surface area contributed by atoms with E-state index in [1.54, 1.807) is 0 Å². The fourth-order valence-electron chi connectivity index (χ4n) is 5.19. The lowest BCUT2D eigenvalue weighted by molar-refractivity contribution is 0.481. The van der Waals surface area contributed by atoms with Crippen LogP contribution in [0.25, 0.3) is 33.2 Å². The molecule has 7 rings (SSSR count). The molecule has 0 saturated heterocycles. The monoisotopic (exact) mass is 547 g/mol. The molecule has 1 aromatic heterocycles. The van der Waals surface area contributed by atoms with Gasteiger partial charge in [0.15, 0.2) is 0 Å². The summed E-state index contributed by atoms with van der Waals surface area (Å²) in [5.41, 5.74) is 5.07. The van der Waals surface area contributed by atoms with Crippen LogP contribution in [0.4, 0.5) is 5.69 Å². The van der Waals surface area contributed by atoms with Crippen LogP contribution in [0.1, 0.15) is 0 Å². The number of aromatic nitrogens is 1. The first-order chi connectivity index (χ1) is 20.7. The largest absolute Gasteiger partial charge is 0.457 e. The minimum atomic E-state index is 0.759. The van der Waals surface area contributed by atoms with Gasteiger partial charge in [0.05, 0.1) is 12.4 Å². The number of fused-ring (bicyclic) bond motifs is 1. The van der Waals surface area contributed by atoms with Crippen LogP contribution in [0.2, 0.25) is 0 Å². The summed E-state index contributed by atoms with van der Waals surface area (Å²) in [6.45, 7) is 0.817. The molecule has 1 aliphatic heterocycles. The summed E-state index contributed by atoms with van der Waals surface area (Å²) < 4.78 is 12.6. The van der Waals surface area contributed by atoms with E-state index in [4.69, 9.17) is 14.5 Å². The topological polar surface area (TPSA) is 37.8 Å². The van der Waals surface area contributed by atoms with Crippen LogP contribution in [0.5, 0.6) is 23.0 Å². The maximum Gasteiger partial charge on any atom is 0.135 e. The first-order valence-corrected chi connectivity index (χ1v) is 13.9.